The van der Waals surface area contributed by atoms with Crippen LogP contribution in [0.2, 0.25) is 0 Å². The number of hydrogen-bond acceptors (Lipinski definition) is 8. The fourth-order valence-electron chi connectivity index (χ4n) is 7.89. The minimum absolute atomic E-state index is 0.0155. The van der Waals surface area contributed by atoms with Crippen LogP contribution in [0.3, 0.4) is 0 Å². The maximum absolute atomic E-state index is 14.6. The first-order chi connectivity index (χ1) is 23.6. The highest BCUT2D eigenvalue weighted by Gasteiger charge is 2.50. The zero-order valence-corrected chi connectivity index (χ0v) is 29.1. The van der Waals surface area contributed by atoms with Crippen molar-refractivity contribution in [1.82, 2.24) is 36.1 Å². The molecule has 13 heteroatoms. The highest BCUT2D eigenvalue weighted by atomic mass is 16.2. The van der Waals surface area contributed by atoms with Crippen molar-refractivity contribution >= 4 is 35.3 Å². The number of carbonyl (C=O) groups excluding carboxylic acids is 6. The summed E-state index contributed by atoms with van der Waals surface area (Å²) in [6.45, 7) is 5.60. The number of rotatable bonds is 14. The summed E-state index contributed by atoms with van der Waals surface area (Å²) < 4.78 is 0. The van der Waals surface area contributed by atoms with E-state index in [-0.39, 0.29) is 41.4 Å². The Hall–Kier alpha value is -3.90. The van der Waals surface area contributed by atoms with E-state index in [2.05, 4.69) is 31.2 Å². The summed E-state index contributed by atoms with van der Waals surface area (Å²) >= 11 is 0. The molecule has 0 spiro atoms. The van der Waals surface area contributed by atoms with Crippen LogP contribution in [0.1, 0.15) is 121 Å². The standard InChI is InChI=1S/C36H53N7O6/c1-4-10-25(31(44)35(48)39-24-15-16-24)40-33(46)28-19-23-13-8-9-14-27(23)43(28)36(49)29(21(2)3)41-34(47)30(22-11-6-5-7-12-22)42-32(45)26-20-37-17-18-38-26/h17-18,20-25,27-30H,4-16,19H2,1-3H3,(H,39,48)(H,40,46)(H,41,47)(H,42,45)/t23?,25?,27?,28-,29+,30+/m1/s1. The van der Waals surface area contributed by atoms with Gasteiger partial charge in [0.1, 0.15) is 23.8 Å². The van der Waals surface area contributed by atoms with Crippen molar-refractivity contribution in [2.24, 2.45) is 17.8 Å². The van der Waals surface area contributed by atoms with Crippen LogP contribution < -0.4 is 21.3 Å². The minimum Gasteiger partial charge on any atom is -0.347 e. The highest BCUT2D eigenvalue weighted by Crippen LogP contribution is 2.40. The van der Waals surface area contributed by atoms with Gasteiger partial charge in [0.2, 0.25) is 23.5 Å². The second-order valence-corrected chi connectivity index (χ2v) is 14.7. The lowest BCUT2D eigenvalue weighted by molar-refractivity contribution is -0.146. The van der Waals surface area contributed by atoms with Crippen molar-refractivity contribution in [3.63, 3.8) is 0 Å². The van der Waals surface area contributed by atoms with Crippen molar-refractivity contribution in [3.8, 4) is 0 Å². The van der Waals surface area contributed by atoms with Crippen molar-refractivity contribution in [2.75, 3.05) is 0 Å². The Morgan fingerprint density at radius 2 is 1.59 bits per heavy atom. The normalized spacial score (nSPS) is 24.2. The second-order valence-electron chi connectivity index (χ2n) is 14.7. The number of nitrogens with one attached hydrogen (secondary N) is 4. The predicted molar refractivity (Wildman–Crippen MR) is 181 cm³/mol. The predicted octanol–water partition coefficient (Wildman–Crippen LogP) is 2.59. The second kappa shape index (κ2) is 16.7. The van der Waals surface area contributed by atoms with Gasteiger partial charge in [-0.15, -0.1) is 0 Å². The van der Waals surface area contributed by atoms with Gasteiger partial charge < -0.3 is 26.2 Å². The molecule has 49 heavy (non-hydrogen) atoms. The first-order valence-electron chi connectivity index (χ1n) is 18.4. The molecule has 4 fully saturated rings. The Labute approximate surface area is 288 Å². The molecule has 1 aliphatic heterocycles. The topological polar surface area (TPSA) is 180 Å². The van der Waals surface area contributed by atoms with Gasteiger partial charge in [-0.3, -0.25) is 33.8 Å². The van der Waals surface area contributed by atoms with Gasteiger partial charge in [-0.05, 0) is 69.1 Å². The number of aromatic nitrogens is 2. The summed E-state index contributed by atoms with van der Waals surface area (Å²) in [6.07, 6.45) is 15.3. The van der Waals surface area contributed by atoms with Crippen molar-refractivity contribution in [3.05, 3.63) is 24.3 Å². The molecule has 6 atom stereocenters. The number of fused-ring (bicyclic) bond motifs is 1. The van der Waals surface area contributed by atoms with Gasteiger partial charge >= 0.3 is 0 Å². The van der Waals surface area contributed by atoms with Gasteiger partial charge in [0.15, 0.2) is 0 Å². The largest absolute Gasteiger partial charge is 0.347 e. The number of ketones is 1. The lowest BCUT2D eigenvalue weighted by Crippen LogP contribution is -2.61. The maximum Gasteiger partial charge on any atom is 0.289 e. The molecule has 1 saturated heterocycles. The molecule has 2 heterocycles. The number of Topliss-reactive ketones (excluding diaryl/α,β-unsaturated/α-hetero) is 1. The third-order valence-corrected chi connectivity index (χ3v) is 10.7. The van der Waals surface area contributed by atoms with Gasteiger partial charge in [0, 0.05) is 24.5 Å². The number of likely N-dealkylation sites (tertiary alicyclic amines) is 1. The molecule has 1 aromatic rings. The average Bonchev–Trinajstić information content (AvgIpc) is 3.84. The summed E-state index contributed by atoms with van der Waals surface area (Å²) in [6, 6.07) is -3.78. The molecule has 3 saturated carbocycles. The number of amides is 5. The third kappa shape index (κ3) is 9.02. The summed E-state index contributed by atoms with van der Waals surface area (Å²) in [5.41, 5.74) is 0.103. The van der Waals surface area contributed by atoms with Crippen molar-refractivity contribution in [1.29, 1.82) is 0 Å². The molecular formula is C36H53N7O6. The van der Waals surface area contributed by atoms with Crippen LogP contribution in [0.4, 0.5) is 0 Å². The van der Waals surface area contributed by atoms with Crippen LogP contribution in [0, 0.1) is 17.8 Å². The molecule has 3 unspecified atom stereocenters. The van der Waals surface area contributed by atoms with Crippen LogP contribution >= 0.6 is 0 Å². The molecule has 0 bridgehead atoms. The van der Waals surface area contributed by atoms with Gasteiger partial charge in [-0.25, -0.2) is 4.98 Å². The van der Waals surface area contributed by atoms with E-state index in [0.29, 0.717) is 19.3 Å². The van der Waals surface area contributed by atoms with E-state index in [4.69, 9.17) is 0 Å². The fraction of sp³-hybridized carbons (Fsp3) is 0.722. The number of nitrogens with zero attached hydrogens (tertiary/aromatic N) is 3. The van der Waals surface area contributed by atoms with Crippen LogP contribution in [-0.4, -0.2) is 86.4 Å². The van der Waals surface area contributed by atoms with Crippen LogP contribution in [0.15, 0.2) is 18.6 Å². The lowest BCUT2D eigenvalue weighted by Gasteiger charge is -2.38. The first kappa shape index (κ1) is 36.4. The smallest absolute Gasteiger partial charge is 0.289 e. The molecule has 4 N–H and O–H groups in total. The SMILES string of the molecule is CCCC(NC(=O)[C@H]1CC2CCCCC2N1C(=O)[C@@H](NC(=O)[C@@H](NC(=O)c1cnccn1)C1CCCCC1)C(C)C)C(=O)C(=O)NC1CC1. The Balaban J connectivity index is 1.35. The fourth-order valence-corrected chi connectivity index (χ4v) is 7.89. The quantitative estimate of drug-likeness (QED) is 0.217. The maximum atomic E-state index is 14.6. The summed E-state index contributed by atoms with van der Waals surface area (Å²) in [7, 11) is 0. The van der Waals surface area contributed by atoms with E-state index in [1.807, 2.05) is 20.8 Å². The molecule has 4 aliphatic rings. The third-order valence-electron chi connectivity index (χ3n) is 10.7. The van der Waals surface area contributed by atoms with Gasteiger partial charge in [0.05, 0.1) is 12.2 Å². The molecule has 1 aromatic heterocycles. The van der Waals surface area contributed by atoms with Crippen molar-refractivity contribution in [2.45, 2.75) is 147 Å². The first-order valence-corrected chi connectivity index (χ1v) is 18.4. The summed E-state index contributed by atoms with van der Waals surface area (Å²) in [4.78, 5) is 91.3. The van der Waals surface area contributed by atoms with Crippen LogP contribution in [-0.2, 0) is 24.0 Å². The summed E-state index contributed by atoms with van der Waals surface area (Å²) in [5.74, 6) is -3.38. The Morgan fingerprint density at radius 3 is 2.24 bits per heavy atom. The van der Waals surface area contributed by atoms with Crippen LogP contribution in [0.5, 0.6) is 0 Å². The molecule has 3 aliphatic carbocycles. The molecular weight excluding hydrogens is 626 g/mol. The van der Waals surface area contributed by atoms with E-state index in [0.717, 1.165) is 70.6 Å². The van der Waals surface area contributed by atoms with Gasteiger partial charge in [-0.1, -0.05) is 59.3 Å². The molecule has 13 nitrogen and oxygen atoms in total. The minimum atomic E-state index is -0.981. The van der Waals surface area contributed by atoms with E-state index in [9.17, 15) is 28.8 Å². The molecule has 268 valence electrons. The number of carbonyl (C=O) groups is 6. The van der Waals surface area contributed by atoms with E-state index < -0.39 is 53.6 Å². The zero-order valence-electron chi connectivity index (χ0n) is 29.1. The molecule has 0 aromatic carbocycles. The van der Waals surface area contributed by atoms with Gasteiger partial charge in [0.25, 0.3) is 11.8 Å². The Bertz CT molecular complexity index is 1360. The number of hydrogen-bond donors (Lipinski definition) is 4. The van der Waals surface area contributed by atoms with E-state index >= 15 is 0 Å². The average molecular weight is 680 g/mol. The highest BCUT2D eigenvalue weighted by molar-refractivity contribution is 6.38. The van der Waals surface area contributed by atoms with E-state index in [1.54, 1.807) is 4.90 Å². The Morgan fingerprint density at radius 1 is 0.878 bits per heavy atom. The Kier molecular flexibility index (Phi) is 12.4. The van der Waals surface area contributed by atoms with Crippen LogP contribution in [0.25, 0.3) is 0 Å². The summed E-state index contributed by atoms with van der Waals surface area (Å²) in [5, 5.41) is 11.5. The van der Waals surface area contributed by atoms with Crippen molar-refractivity contribution < 1.29 is 28.8 Å². The molecule has 5 amide bonds. The van der Waals surface area contributed by atoms with Gasteiger partial charge in [-0.2, -0.15) is 0 Å². The van der Waals surface area contributed by atoms with E-state index in [1.165, 1.54) is 18.6 Å². The zero-order chi connectivity index (χ0) is 35.1. The molecule has 5 rings (SSSR count). The monoisotopic (exact) mass is 679 g/mol. The molecule has 0 radical (unpaired) electrons. The lowest BCUT2D eigenvalue weighted by atomic mass is 9.83.